The highest BCUT2D eigenvalue weighted by atomic mass is 15.3. The Labute approximate surface area is 97.4 Å². The third kappa shape index (κ3) is 2.62. The van der Waals surface area contributed by atoms with Crippen LogP contribution in [0.25, 0.3) is 0 Å². The van der Waals surface area contributed by atoms with Gasteiger partial charge in [0.05, 0.1) is 5.69 Å². The van der Waals surface area contributed by atoms with Gasteiger partial charge in [0.25, 0.3) is 0 Å². The Morgan fingerprint density at radius 1 is 1.44 bits per heavy atom. The van der Waals surface area contributed by atoms with Crippen LogP contribution in [-0.2, 0) is 13.6 Å². The van der Waals surface area contributed by atoms with E-state index in [-0.39, 0.29) is 0 Å². The van der Waals surface area contributed by atoms with E-state index in [9.17, 15) is 0 Å². The van der Waals surface area contributed by atoms with E-state index in [1.165, 1.54) is 31.5 Å². The summed E-state index contributed by atoms with van der Waals surface area (Å²) < 4.78 is 1.90. The van der Waals surface area contributed by atoms with Gasteiger partial charge < -0.3 is 5.73 Å². The van der Waals surface area contributed by atoms with Gasteiger partial charge in [0, 0.05) is 25.4 Å². The molecular weight excluding hydrogens is 200 g/mol. The molecule has 1 aromatic rings. The van der Waals surface area contributed by atoms with Gasteiger partial charge in [-0.05, 0) is 45.3 Å². The molecule has 2 heterocycles. The summed E-state index contributed by atoms with van der Waals surface area (Å²) in [4.78, 5) is 2.51. The largest absolute Gasteiger partial charge is 0.330 e. The van der Waals surface area contributed by atoms with Crippen LogP contribution in [0.3, 0.4) is 0 Å². The van der Waals surface area contributed by atoms with Crippen molar-refractivity contribution >= 4 is 0 Å². The highest BCUT2D eigenvalue weighted by molar-refractivity contribution is 5.15. The van der Waals surface area contributed by atoms with Crippen molar-refractivity contribution in [1.29, 1.82) is 0 Å². The lowest BCUT2D eigenvalue weighted by atomic mass is 9.97. The van der Waals surface area contributed by atoms with Crippen molar-refractivity contribution in [2.24, 2.45) is 18.7 Å². The molecule has 0 amide bonds. The normalized spacial score (nSPS) is 19.2. The van der Waals surface area contributed by atoms with Crippen molar-refractivity contribution in [1.82, 2.24) is 14.7 Å². The molecule has 4 nitrogen and oxygen atoms in total. The van der Waals surface area contributed by atoms with E-state index < -0.39 is 0 Å². The minimum atomic E-state index is 0.742. The van der Waals surface area contributed by atoms with Gasteiger partial charge >= 0.3 is 0 Å². The van der Waals surface area contributed by atoms with E-state index >= 15 is 0 Å². The van der Waals surface area contributed by atoms with Crippen molar-refractivity contribution in [3.63, 3.8) is 0 Å². The van der Waals surface area contributed by atoms with Crippen molar-refractivity contribution in [3.8, 4) is 0 Å². The van der Waals surface area contributed by atoms with E-state index in [0.717, 1.165) is 24.7 Å². The minimum Gasteiger partial charge on any atom is -0.330 e. The lowest BCUT2D eigenvalue weighted by Crippen LogP contribution is -2.35. The van der Waals surface area contributed by atoms with E-state index in [1.807, 2.05) is 11.7 Å². The van der Waals surface area contributed by atoms with Crippen LogP contribution in [0.4, 0.5) is 0 Å². The first kappa shape index (κ1) is 11.6. The zero-order valence-corrected chi connectivity index (χ0v) is 10.3. The average Bonchev–Trinajstić information content (AvgIpc) is 2.59. The van der Waals surface area contributed by atoms with Gasteiger partial charge in [-0.2, -0.15) is 5.10 Å². The van der Waals surface area contributed by atoms with Crippen LogP contribution >= 0.6 is 0 Å². The Hall–Kier alpha value is -0.870. The fourth-order valence-corrected chi connectivity index (χ4v) is 2.43. The average molecular weight is 222 g/mol. The smallest absolute Gasteiger partial charge is 0.0638 e. The van der Waals surface area contributed by atoms with Crippen LogP contribution in [0.15, 0.2) is 6.20 Å². The molecule has 0 radical (unpaired) electrons. The summed E-state index contributed by atoms with van der Waals surface area (Å²) in [6.07, 6.45) is 4.62. The molecule has 0 saturated carbocycles. The molecule has 1 aromatic heterocycles. The minimum absolute atomic E-state index is 0.742. The van der Waals surface area contributed by atoms with Crippen LogP contribution in [0.5, 0.6) is 0 Å². The highest BCUT2D eigenvalue weighted by Gasteiger charge is 2.18. The Morgan fingerprint density at radius 3 is 2.62 bits per heavy atom. The molecule has 1 aliphatic heterocycles. The number of hydrogen-bond acceptors (Lipinski definition) is 3. The lowest BCUT2D eigenvalue weighted by Gasteiger charge is -2.31. The number of nitrogens with zero attached hydrogens (tertiary/aromatic N) is 3. The third-order valence-electron chi connectivity index (χ3n) is 3.55. The van der Waals surface area contributed by atoms with Crippen molar-refractivity contribution in [2.75, 3.05) is 19.6 Å². The zero-order valence-electron chi connectivity index (χ0n) is 10.3. The van der Waals surface area contributed by atoms with Gasteiger partial charge in [0.15, 0.2) is 0 Å². The molecule has 16 heavy (non-hydrogen) atoms. The third-order valence-corrected chi connectivity index (χ3v) is 3.55. The predicted molar refractivity (Wildman–Crippen MR) is 65.0 cm³/mol. The van der Waals surface area contributed by atoms with Crippen molar-refractivity contribution in [3.05, 3.63) is 17.5 Å². The summed E-state index contributed by atoms with van der Waals surface area (Å²) in [6, 6.07) is 0. The molecule has 0 atom stereocenters. The maximum absolute atomic E-state index is 5.70. The van der Waals surface area contributed by atoms with Gasteiger partial charge in [0.1, 0.15) is 0 Å². The maximum atomic E-state index is 5.70. The van der Waals surface area contributed by atoms with Crippen molar-refractivity contribution < 1.29 is 0 Å². The summed E-state index contributed by atoms with van der Waals surface area (Å²) >= 11 is 0. The van der Waals surface area contributed by atoms with Crippen LogP contribution in [0, 0.1) is 12.8 Å². The number of likely N-dealkylation sites (tertiary alicyclic amines) is 1. The predicted octanol–water partition coefficient (Wildman–Crippen LogP) is 0.899. The van der Waals surface area contributed by atoms with Gasteiger partial charge in [-0.1, -0.05) is 0 Å². The van der Waals surface area contributed by atoms with Gasteiger partial charge in [-0.3, -0.25) is 9.58 Å². The van der Waals surface area contributed by atoms with Crippen LogP contribution in [-0.4, -0.2) is 34.3 Å². The quantitative estimate of drug-likeness (QED) is 0.826. The molecule has 0 aliphatic carbocycles. The molecule has 90 valence electrons. The first-order valence-corrected chi connectivity index (χ1v) is 6.10. The van der Waals surface area contributed by atoms with Crippen LogP contribution < -0.4 is 5.73 Å². The SMILES string of the molecule is Cc1nn(C)cc1CN1CCC(CN)CC1. The molecule has 0 bridgehead atoms. The monoisotopic (exact) mass is 222 g/mol. The number of rotatable bonds is 3. The Bertz CT molecular complexity index is 337. The fraction of sp³-hybridized carbons (Fsp3) is 0.750. The zero-order chi connectivity index (χ0) is 11.5. The van der Waals surface area contributed by atoms with E-state index in [2.05, 4.69) is 23.1 Å². The number of aryl methyl sites for hydroxylation is 2. The summed E-state index contributed by atoms with van der Waals surface area (Å²) in [6.45, 7) is 6.32. The number of piperidine rings is 1. The Kier molecular flexibility index (Phi) is 3.61. The van der Waals surface area contributed by atoms with E-state index in [0.29, 0.717) is 0 Å². The maximum Gasteiger partial charge on any atom is 0.0638 e. The molecule has 2 N–H and O–H groups in total. The van der Waals surface area contributed by atoms with Crippen LogP contribution in [0.2, 0.25) is 0 Å². The second-order valence-electron chi connectivity index (χ2n) is 4.87. The Balaban J connectivity index is 1.89. The standard InChI is InChI=1S/C12H22N4/c1-10-12(8-15(2)14-10)9-16-5-3-11(7-13)4-6-16/h8,11H,3-7,9,13H2,1-2H3. The summed E-state index contributed by atoms with van der Waals surface area (Å²) in [5, 5.41) is 4.38. The molecule has 1 fully saturated rings. The van der Waals surface area contributed by atoms with Crippen molar-refractivity contribution in [2.45, 2.75) is 26.3 Å². The second-order valence-corrected chi connectivity index (χ2v) is 4.87. The van der Waals surface area contributed by atoms with Gasteiger partial charge in [-0.25, -0.2) is 0 Å². The number of hydrogen-bond donors (Lipinski definition) is 1. The highest BCUT2D eigenvalue weighted by Crippen LogP contribution is 2.18. The molecule has 1 saturated heterocycles. The fourth-order valence-electron chi connectivity index (χ4n) is 2.43. The topological polar surface area (TPSA) is 47.1 Å². The first-order valence-electron chi connectivity index (χ1n) is 6.10. The summed E-state index contributed by atoms with van der Waals surface area (Å²) in [5.41, 5.74) is 8.21. The van der Waals surface area contributed by atoms with Gasteiger partial charge in [-0.15, -0.1) is 0 Å². The number of nitrogens with two attached hydrogens (primary N) is 1. The van der Waals surface area contributed by atoms with E-state index in [1.54, 1.807) is 0 Å². The second kappa shape index (κ2) is 4.97. The molecule has 4 heteroatoms. The molecule has 0 unspecified atom stereocenters. The lowest BCUT2D eigenvalue weighted by molar-refractivity contribution is 0.180. The number of aromatic nitrogens is 2. The molecular formula is C12H22N4. The first-order chi connectivity index (χ1) is 7.69. The molecule has 2 rings (SSSR count). The molecule has 0 spiro atoms. The molecule has 0 aromatic carbocycles. The van der Waals surface area contributed by atoms with E-state index in [4.69, 9.17) is 5.73 Å². The summed E-state index contributed by atoms with van der Waals surface area (Å²) in [7, 11) is 1.98. The Morgan fingerprint density at radius 2 is 2.12 bits per heavy atom. The van der Waals surface area contributed by atoms with Crippen LogP contribution in [0.1, 0.15) is 24.1 Å². The summed E-state index contributed by atoms with van der Waals surface area (Å²) in [5.74, 6) is 0.742. The molecule has 1 aliphatic rings. The van der Waals surface area contributed by atoms with Gasteiger partial charge in [0.2, 0.25) is 0 Å².